The fourth-order valence-corrected chi connectivity index (χ4v) is 2.89. The van der Waals surface area contributed by atoms with Crippen molar-refractivity contribution in [3.63, 3.8) is 0 Å². The lowest BCUT2D eigenvalue weighted by Gasteiger charge is -2.24. The van der Waals surface area contributed by atoms with Crippen molar-refractivity contribution in [3.05, 3.63) is 12.2 Å². The monoisotopic (exact) mass is 253 g/mol. The van der Waals surface area contributed by atoms with Crippen molar-refractivity contribution in [2.75, 3.05) is 0 Å². The fourth-order valence-electron chi connectivity index (χ4n) is 2.89. The van der Waals surface area contributed by atoms with Crippen LogP contribution in [0.3, 0.4) is 0 Å². The van der Waals surface area contributed by atoms with Gasteiger partial charge in [0.25, 0.3) is 0 Å². The Labute approximate surface area is 104 Å². The minimum atomic E-state index is -1.13. The number of hydrogen-bond donors (Lipinski definition) is 3. The van der Waals surface area contributed by atoms with Crippen molar-refractivity contribution in [1.82, 2.24) is 5.32 Å². The molecule has 1 fully saturated rings. The van der Waals surface area contributed by atoms with Crippen LogP contribution in [0.25, 0.3) is 0 Å². The number of aliphatic carboxylic acids is 2. The molecule has 0 aromatic heterocycles. The Morgan fingerprint density at radius 2 is 1.72 bits per heavy atom. The largest absolute Gasteiger partial charge is 0.481 e. The Morgan fingerprint density at radius 3 is 2.22 bits per heavy atom. The summed E-state index contributed by atoms with van der Waals surface area (Å²) in [4.78, 5) is 33.9. The van der Waals surface area contributed by atoms with Crippen LogP contribution in [0.4, 0.5) is 0 Å². The van der Waals surface area contributed by atoms with Crippen molar-refractivity contribution in [3.8, 4) is 0 Å². The van der Waals surface area contributed by atoms with E-state index < -0.39 is 35.7 Å². The lowest BCUT2D eigenvalue weighted by molar-refractivity contribution is -0.148. The minimum absolute atomic E-state index is 0.0860. The summed E-state index contributed by atoms with van der Waals surface area (Å²) in [5.74, 6) is -4.18. The van der Waals surface area contributed by atoms with Crippen LogP contribution in [0.5, 0.6) is 0 Å². The summed E-state index contributed by atoms with van der Waals surface area (Å²) in [6.45, 7) is 1.36. The van der Waals surface area contributed by atoms with Crippen LogP contribution in [-0.2, 0) is 14.4 Å². The Balaban J connectivity index is 2.12. The fraction of sp³-hybridized carbons (Fsp3) is 0.583. The molecule has 0 saturated heterocycles. The lowest BCUT2D eigenvalue weighted by Crippen LogP contribution is -2.46. The summed E-state index contributed by atoms with van der Waals surface area (Å²) in [6, 6.07) is -1.00. The van der Waals surface area contributed by atoms with E-state index in [9.17, 15) is 14.4 Å². The number of carbonyl (C=O) groups excluding carboxylic acids is 1. The average Bonchev–Trinajstić information content (AvgIpc) is 2.87. The molecule has 0 unspecified atom stereocenters. The highest BCUT2D eigenvalue weighted by molar-refractivity contribution is 5.89. The van der Waals surface area contributed by atoms with Crippen LogP contribution in [0.15, 0.2) is 12.2 Å². The van der Waals surface area contributed by atoms with Gasteiger partial charge in [0.15, 0.2) is 0 Å². The van der Waals surface area contributed by atoms with Gasteiger partial charge in [-0.05, 0) is 25.2 Å². The van der Waals surface area contributed by atoms with E-state index in [1.807, 2.05) is 12.2 Å². The Bertz CT molecular complexity index is 430. The average molecular weight is 253 g/mol. The van der Waals surface area contributed by atoms with E-state index in [2.05, 4.69) is 5.32 Å². The van der Waals surface area contributed by atoms with Gasteiger partial charge in [-0.2, -0.15) is 0 Å². The molecule has 0 radical (unpaired) electrons. The molecule has 0 spiro atoms. The summed E-state index contributed by atoms with van der Waals surface area (Å²) >= 11 is 0. The maximum atomic E-state index is 12.0. The standard InChI is InChI=1S/C12H15NO5/c1-5(11(15)16)13-10(14)8-6-2-3-7(4-6)9(8)12(17)18/h2-3,5-9H,4H2,1H3,(H,13,14)(H,15,16)(H,17,18)/t5-,6-,7-,8-,9-/m0/s1. The first-order valence-electron chi connectivity index (χ1n) is 5.86. The van der Waals surface area contributed by atoms with Gasteiger partial charge in [-0.3, -0.25) is 14.4 Å². The molecule has 0 aliphatic heterocycles. The highest BCUT2D eigenvalue weighted by Gasteiger charge is 2.51. The number of carboxylic acid groups (broad SMARTS) is 2. The Hall–Kier alpha value is -1.85. The molecule has 5 atom stereocenters. The van der Waals surface area contributed by atoms with Crippen LogP contribution in [-0.4, -0.2) is 34.1 Å². The van der Waals surface area contributed by atoms with E-state index in [-0.39, 0.29) is 11.8 Å². The first-order valence-corrected chi connectivity index (χ1v) is 5.86. The number of hydrogen-bond acceptors (Lipinski definition) is 3. The molecule has 98 valence electrons. The van der Waals surface area contributed by atoms with Gasteiger partial charge >= 0.3 is 11.9 Å². The molecule has 2 aliphatic carbocycles. The zero-order valence-corrected chi connectivity index (χ0v) is 9.87. The van der Waals surface area contributed by atoms with Gasteiger partial charge < -0.3 is 15.5 Å². The highest BCUT2D eigenvalue weighted by Crippen LogP contribution is 2.48. The van der Waals surface area contributed by atoms with E-state index in [1.54, 1.807) is 0 Å². The Kier molecular flexibility index (Phi) is 3.11. The third kappa shape index (κ3) is 1.98. The van der Waals surface area contributed by atoms with Crippen molar-refractivity contribution >= 4 is 17.8 Å². The molecular weight excluding hydrogens is 238 g/mol. The zero-order chi connectivity index (χ0) is 13.4. The van der Waals surface area contributed by atoms with Gasteiger partial charge in [0, 0.05) is 0 Å². The number of fused-ring (bicyclic) bond motifs is 2. The van der Waals surface area contributed by atoms with Crippen LogP contribution in [0.2, 0.25) is 0 Å². The van der Waals surface area contributed by atoms with Gasteiger partial charge in [0.2, 0.25) is 5.91 Å². The molecular formula is C12H15NO5. The summed E-state index contributed by atoms with van der Waals surface area (Å²) < 4.78 is 0. The zero-order valence-electron chi connectivity index (χ0n) is 9.87. The number of nitrogens with one attached hydrogen (secondary N) is 1. The molecule has 6 heteroatoms. The smallest absolute Gasteiger partial charge is 0.325 e. The maximum absolute atomic E-state index is 12.0. The van der Waals surface area contributed by atoms with Crippen molar-refractivity contribution < 1.29 is 24.6 Å². The SMILES string of the molecule is C[C@H](NC(=O)[C@@H]1[C@@H](C(=O)O)[C@H]2C=C[C@H]1C2)C(=O)O. The van der Waals surface area contributed by atoms with Crippen LogP contribution >= 0.6 is 0 Å². The van der Waals surface area contributed by atoms with Crippen LogP contribution in [0, 0.1) is 23.7 Å². The number of carboxylic acids is 2. The van der Waals surface area contributed by atoms with Gasteiger partial charge in [0.1, 0.15) is 6.04 Å². The number of allylic oxidation sites excluding steroid dienone is 2. The Morgan fingerprint density at radius 1 is 1.17 bits per heavy atom. The van der Waals surface area contributed by atoms with Crippen LogP contribution in [0.1, 0.15) is 13.3 Å². The molecule has 1 saturated carbocycles. The first-order chi connectivity index (χ1) is 8.41. The second-order valence-corrected chi connectivity index (χ2v) is 4.91. The third-order valence-electron chi connectivity index (χ3n) is 3.78. The van der Waals surface area contributed by atoms with E-state index in [4.69, 9.17) is 10.2 Å². The predicted octanol–water partition coefficient (Wildman–Crippen LogP) is 0.0986. The maximum Gasteiger partial charge on any atom is 0.325 e. The minimum Gasteiger partial charge on any atom is -0.481 e. The van der Waals surface area contributed by atoms with Crippen molar-refractivity contribution in [2.24, 2.45) is 23.7 Å². The third-order valence-corrected chi connectivity index (χ3v) is 3.78. The first kappa shape index (κ1) is 12.6. The molecule has 2 aliphatic rings. The molecule has 18 heavy (non-hydrogen) atoms. The second kappa shape index (κ2) is 4.44. The summed E-state index contributed by atoms with van der Waals surface area (Å²) in [7, 11) is 0. The lowest BCUT2D eigenvalue weighted by atomic mass is 9.82. The molecule has 1 amide bonds. The normalized spacial score (nSPS) is 34.3. The topological polar surface area (TPSA) is 104 Å². The predicted molar refractivity (Wildman–Crippen MR) is 60.6 cm³/mol. The van der Waals surface area contributed by atoms with Gasteiger partial charge in [-0.15, -0.1) is 0 Å². The summed E-state index contributed by atoms with van der Waals surface area (Å²) in [5.41, 5.74) is 0. The molecule has 0 aromatic rings. The van der Waals surface area contributed by atoms with E-state index in [0.29, 0.717) is 6.42 Å². The van der Waals surface area contributed by atoms with Crippen molar-refractivity contribution in [2.45, 2.75) is 19.4 Å². The molecule has 0 aromatic carbocycles. The van der Waals surface area contributed by atoms with E-state index in [0.717, 1.165) is 0 Å². The summed E-state index contributed by atoms with van der Waals surface area (Å²) in [6.07, 6.45) is 4.37. The number of amides is 1. The van der Waals surface area contributed by atoms with E-state index >= 15 is 0 Å². The molecule has 2 rings (SSSR count). The summed E-state index contributed by atoms with van der Waals surface area (Å²) in [5, 5.41) is 20.3. The van der Waals surface area contributed by atoms with Gasteiger partial charge in [-0.1, -0.05) is 12.2 Å². The quantitative estimate of drug-likeness (QED) is 0.616. The van der Waals surface area contributed by atoms with Gasteiger partial charge in [-0.25, -0.2) is 0 Å². The molecule has 6 nitrogen and oxygen atoms in total. The van der Waals surface area contributed by atoms with Crippen molar-refractivity contribution in [1.29, 1.82) is 0 Å². The van der Waals surface area contributed by atoms with E-state index in [1.165, 1.54) is 6.92 Å². The molecule has 0 heterocycles. The molecule has 3 N–H and O–H groups in total. The molecule has 2 bridgehead atoms. The number of rotatable bonds is 4. The van der Waals surface area contributed by atoms with Gasteiger partial charge in [0.05, 0.1) is 11.8 Å². The second-order valence-electron chi connectivity index (χ2n) is 4.91. The highest BCUT2D eigenvalue weighted by atomic mass is 16.4. The van der Waals surface area contributed by atoms with Crippen LogP contribution < -0.4 is 5.32 Å². The number of carbonyl (C=O) groups is 3.